The lowest BCUT2D eigenvalue weighted by molar-refractivity contribution is -0.0547. The van der Waals surface area contributed by atoms with Gasteiger partial charge in [0.1, 0.15) is 11.3 Å². The third-order valence-electron chi connectivity index (χ3n) is 1.76. The summed E-state index contributed by atoms with van der Waals surface area (Å²) in [5.74, 6) is -0.843. The fourth-order valence-electron chi connectivity index (χ4n) is 1.21. The van der Waals surface area contributed by atoms with E-state index in [1.807, 2.05) is 0 Å². The van der Waals surface area contributed by atoms with Crippen molar-refractivity contribution in [1.29, 1.82) is 0 Å². The maximum Gasteiger partial charge on any atom is 0.345 e. The molecule has 12 heavy (non-hydrogen) atoms. The normalized spacial score (nSPS) is 20.4. The van der Waals surface area contributed by atoms with Crippen LogP contribution in [0.5, 0.6) is 5.75 Å². The zero-order valence-electron chi connectivity index (χ0n) is 6.02. The van der Waals surface area contributed by atoms with Gasteiger partial charge in [0.05, 0.1) is 0 Å². The third kappa shape index (κ3) is 0.785. The summed E-state index contributed by atoms with van der Waals surface area (Å²) < 4.78 is 4.47. The third-order valence-corrected chi connectivity index (χ3v) is 1.76. The molecule has 0 unspecified atom stereocenters. The van der Waals surface area contributed by atoms with Gasteiger partial charge in [0.25, 0.3) is 0 Å². The van der Waals surface area contributed by atoms with Gasteiger partial charge in [0, 0.05) is 5.56 Å². The number of hydrogen-bond acceptors (Lipinski definition) is 4. The van der Waals surface area contributed by atoms with Crippen molar-refractivity contribution in [2.75, 3.05) is 0 Å². The Kier molecular flexibility index (Phi) is 1.31. The molecule has 1 aromatic carbocycles. The summed E-state index contributed by atoms with van der Waals surface area (Å²) in [4.78, 5) is 11.0. The summed E-state index contributed by atoms with van der Waals surface area (Å²) in [6.45, 7) is 0. The quantitative estimate of drug-likeness (QED) is 0.552. The summed E-state index contributed by atoms with van der Waals surface area (Å²) >= 11 is 0. The van der Waals surface area contributed by atoms with Crippen LogP contribution in [0.15, 0.2) is 18.2 Å². The van der Waals surface area contributed by atoms with Crippen LogP contribution in [0.1, 0.15) is 22.2 Å². The van der Waals surface area contributed by atoms with Gasteiger partial charge in [0.2, 0.25) is 6.29 Å². The van der Waals surface area contributed by atoms with Crippen LogP contribution < -0.4 is 0 Å². The highest BCUT2D eigenvalue weighted by atomic mass is 16.6. The molecule has 2 rings (SSSR count). The second-order valence-corrected chi connectivity index (χ2v) is 2.50. The number of aromatic hydroxyl groups is 1. The number of rotatable bonds is 0. The second-order valence-electron chi connectivity index (χ2n) is 2.50. The first-order valence-electron chi connectivity index (χ1n) is 3.41. The zero-order valence-corrected chi connectivity index (χ0v) is 6.02. The van der Waals surface area contributed by atoms with E-state index in [0.717, 1.165) is 0 Å². The molecule has 0 aliphatic carbocycles. The molecule has 1 aromatic rings. The Hall–Kier alpha value is -1.55. The average Bonchev–Trinajstić information content (AvgIpc) is 2.29. The highest BCUT2D eigenvalue weighted by Crippen LogP contribution is 2.33. The van der Waals surface area contributed by atoms with E-state index in [0.29, 0.717) is 5.56 Å². The number of aliphatic hydroxyl groups is 1. The van der Waals surface area contributed by atoms with Crippen molar-refractivity contribution in [3.63, 3.8) is 0 Å². The van der Waals surface area contributed by atoms with E-state index in [9.17, 15) is 9.90 Å². The number of aliphatic hydroxyl groups excluding tert-OH is 1. The van der Waals surface area contributed by atoms with Gasteiger partial charge < -0.3 is 14.9 Å². The Balaban J connectivity index is 2.67. The Morgan fingerprint density at radius 2 is 2.17 bits per heavy atom. The SMILES string of the molecule is O=C1O[C@H](O)c2cccc(O)c21. The lowest BCUT2D eigenvalue weighted by Crippen LogP contribution is -1.96. The van der Waals surface area contributed by atoms with Crippen LogP contribution in [0.4, 0.5) is 0 Å². The summed E-state index contributed by atoms with van der Waals surface area (Å²) in [6, 6.07) is 4.45. The number of cyclic esters (lactones) is 1. The molecule has 0 amide bonds. The number of phenolic OH excluding ortho intramolecular Hbond substituents is 1. The number of carbonyl (C=O) groups excluding carboxylic acids is 1. The topological polar surface area (TPSA) is 66.8 Å². The summed E-state index contributed by atoms with van der Waals surface area (Å²) in [6.07, 6.45) is -1.24. The van der Waals surface area contributed by atoms with Crippen LogP contribution in [0.25, 0.3) is 0 Å². The first-order valence-corrected chi connectivity index (χ1v) is 3.41. The van der Waals surface area contributed by atoms with Crippen molar-refractivity contribution >= 4 is 5.97 Å². The molecule has 1 heterocycles. The fraction of sp³-hybridized carbons (Fsp3) is 0.125. The second kappa shape index (κ2) is 2.22. The van der Waals surface area contributed by atoms with Gasteiger partial charge in [-0.2, -0.15) is 0 Å². The van der Waals surface area contributed by atoms with E-state index in [4.69, 9.17) is 5.11 Å². The van der Waals surface area contributed by atoms with Crippen molar-refractivity contribution in [3.05, 3.63) is 29.3 Å². The Labute approximate surface area is 68.0 Å². The van der Waals surface area contributed by atoms with Crippen LogP contribution in [0.2, 0.25) is 0 Å². The monoisotopic (exact) mass is 166 g/mol. The summed E-state index contributed by atoms with van der Waals surface area (Å²) in [5.41, 5.74) is 0.380. The number of hydrogen-bond donors (Lipinski definition) is 2. The Morgan fingerprint density at radius 3 is 2.83 bits per heavy atom. The highest BCUT2D eigenvalue weighted by molar-refractivity contribution is 5.96. The fourth-order valence-corrected chi connectivity index (χ4v) is 1.21. The van der Waals surface area contributed by atoms with Crippen LogP contribution in [0, 0.1) is 0 Å². The minimum absolute atomic E-state index is 0.0602. The maximum atomic E-state index is 11.0. The smallest absolute Gasteiger partial charge is 0.345 e. The van der Waals surface area contributed by atoms with Crippen LogP contribution in [-0.4, -0.2) is 16.2 Å². The van der Waals surface area contributed by atoms with Crippen LogP contribution in [0.3, 0.4) is 0 Å². The first kappa shape index (κ1) is 7.12. The zero-order chi connectivity index (χ0) is 8.72. The predicted molar refractivity (Wildman–Crippen MR) is 38.5 cm³/mol. The van der Waals surface area contributed by atoms with Crippen molar-refractivity contribution in [2.24, 2.45) is 0 Å². The molecule has 0 saturated carbocycles. The van der Waals surface area contributed by atoms with Crippen molar-refractivity contribution in [1.82, 2.24) is 0 Å². The minimum atomic E-state index is -1.24. The van der Waals surface area contributed by atoms with Crippen molar-refractivity contribution < 1.29 is 19.7 Å². The molecule has 0 bridgehead atoms. The number of ether oxygens (including phenoxy) is 1. The van der Waals surface area contributed by atoms with E-state index in [1.165, 1.54) is 12.1 Å². The van der Waals surface area contributed by atoms with Gasteiger partial charge in [-0.15, -0.1) is 0 Å². The number of benzene rings is 1. The van der Waals surface area contributed by atoms with Gasteiger partial charge in [0.15, 0.2) is 0 Å². The van der Waals surface area contributed by atoms with Crippen LogP contribution >= 0.6 is 0 Å². The standard InChI is InChI=1S/C8H6O4/c9-5-3-1-2-4-6(5)8(11)12-7(4)10/h1-3,7,9-10H/t7-/m0/s1. The van der Waals surface area contributed by atoms with Gasteiger partial charge in [-0.1, -0.05) is 12.1 Å². The van der Waals surface area contributed by atoms with Crippen LogP contribution in [-0.2, 0) is 4.74 Å². The van der Waals surface area contributed by atoms with E-state index in [1.54, 1.807) is 6.07 Å². The molecule has 1 atom stereocenters. The van der Waals surface area contributed by atoms with Gasteiger partial charge in [-0.05, 0) is 6.07 Å². The molecule has 0 aromatic heterocycles. The number of fused-ring (bicyclic) bond motifs is 1. The van der Waals surface area contributed by atoms with Gasteiger partial charge >= 0.3 is 5.97 Å². The summed E-state index contributed by atoms with van der Waals surface area (Å²) in [7, 11) is 0. The van der Waals surface area contributed by atoms with E-state index < -0.39 is 12.3 Å². The molecule has 1 aliphatic rings. The molecule has 4 heteroatoms. The lowest BCUT2D eigenvalue weighted by atomic mass is 10.1. The average molecular weight is 166 g/mol. The molecule has 4 nitrogen and oxygen atoms in total. The largest absolute Gasteiger partial charge is 0.507 e. The molecular weight excluding hydrogens is 160 g/mol. The van der Waals surface area contributed by atoms with Crippen molar-refractivity contribution in [3.8, 4) is 5.75 Å². The molecule has 1 aliphatic heterocycles. The lowest BCUT2D eigenvalue weighted by Gasteiger charge is -1.99. The number of phenols is 1. The highest BCUT2D eigenvalue weighted by Gasteiger charge is 2.31. The van der Waals surface area contributed by atoms with Gasteiger partial charge in [-0.3, -0.25) is 0 Å². The van der Waals surface area contributed by atoms with E-state index in [-0.39, 0.29) is 11.3 Å². The Morgan fingerprint density at radius 1 is 1.42 bits per heavy atom. The molecule has 2 N–H and O–H groups in total. The van der Waals surface area contributed by atoms with Crippen molar-refractivity contribution in [2.45, 2.75) is 6.29 Å². The van der Waals surface area contributed by atoms with E-state index >= 15 is 0 Å². The number of esters is 1. The first-order chi connectivity index (χ1) is 5.70. The van der Waals surface area contributed by atoms with Gasteiger partial charge in [-0.25, -0.2) is 4.79 Å². The molecule has 0 fully saturated rings. The molecule has 0 radical (unpaired) electrons. The molecule has 62 valence electrons. The molecule has 0 saturated heterocycles. The summed E-state index contributed by atoms with van der Waals surface area (Å²) in [5, 5.41) is 18.3. The molecule has 0 spiro atoms. The number of carbonyl (C=O) groups is 1. The Bertz CT molecular complexity index is 345. The molecular formula is C8H6O4. The van der Waals surface area contributed by atoms with E-state index in [2.05, 4.69) is 4.74 Å². The maximum absolute atomic E-state index is 11.0. The minimum Gasteiger partial charge on any atom is -0.507 e. The predicted octanol–water partition coefficient (Wildman–Crippen LogP) is 0.553.